The van der Waals surface area contributed by atoms with Crippen LogP contribution in [0.3, 0.4) is 0 Å². The third-order valence-electron chi connectivity index (χ3n) is 5.84. The molecule has 1 aliphatic rings. The zero-order valence-corrected chi connectivity index (χ0v) is 18.4. The summed E-state index contributed by atoms with van der Waals surface area (Å²) in [6.45, 7) is 5.24. The number of fused-ring (bicyclic) bond motifs is 1. The fourth-order valence-electron chi connectivity index (χ4n) is 4.10. The normalized spacial score (nSPS) is 15.2. The molecule has 0 spiro atoms. The number of nitrogens with zero attached hydrogens (tertiary/aromatic N) is 2. The highest BCUT2D eigenvalue weighted by atomic mass is 35.5. The van der Waals surface area contributed by atoms with Crippen LogP contribution < -0.4 is 10.6 Å². The van der Waals surface area contributed by atoms with Gasteiger partial charge in [-0.1, -0.05) is 36.7 Å². The lowest BCUT2D eigenvalue weighted by Crippen LogP contribution is -2.45. The Morgan fingerprint density at radius 1 is 1.06 bits per heavy atom. The van der Waals surface area contributed by atoms with Crippen LogP contribution >= 0.6 is 11.6 Å². The highest BCUT2D eigenvalue weighted by Gasteiger charge is 2.23. The average Bonchev–Trinajstić information content (AvgIpc) is 3.14. The zero-order valence-electron chi connectivity index (χ0n) is 17.6. The van der Waals surface area contributed by atoms with Gasteiger partial charge in [0, 0.05) is 40.7 Å². The number of hydrogen-bond donors (Lipinski definition) is 2. The van der Waals surface area contributed by atoms with Crippen LogP contribution in [0.1, 0.15) is 30.3 Å². The number of carbonyl (C=O) groups excluding carboxylic acids is 2. The molecule has 2 amide bonds. The number of nitrogens with one attached hydrogen (secondary N) is 2. The van der Waals surface area contributed by atoms with Gasteiger partial charge < -0.3 is 20.1 Å². The van der Waals surface area contributed by atoms with Crippen molar-refractivity contribution in [3.63, 3.8) is 0 Å². The van der Waals surface area contributed by atoms with Gasteiger partial charge in [0.05, 0.1) is 0 Å². The van der Waals surface area contributed by atoms with Gasteiger partial charge in [0.1, 0.15) is 12.2 Å². The number of benzene rings is 2. The summed E-state index contributed by atoms with van der Waals surface area (Å²) in [5, 5.41) is 7.60. The van der Waals surface area contributed by atoms with Crippen LogP contribution in [-0.4, -0.2) is 47.0 Å². The number of amides is 2. The minimum absolute atomic E-state index is 0.0488. The lowest BCUT2D eigenvalue weighted by Gasteiger charge is -2.31. The summed E-state index contributed by atoms with van der Waals surface area (Å²) in [6.07, 6.45) is 1.88. The summed E-state index contributed by atoms with van der Waals surface area (Å²) >= 11 is 5.92. The molecule has 7 heteroatoms. The third-order valence-corrected chi connectivity index (χ3v) is 6.09. The summed E-state index contributed by atoms with van der Waals surface area (Å²) < 4.78 is 1.79. The quantitative estimate of drug-likeness (QED) is 0.607. The third kappa shape index (κ3) is 5.09. The molecule has 2 N–H and O–H groups in total. The Morgan fingerprint density at radius 2 is 1.77 bits per heavy atom. The van der Waals surface area contributed by atoms with Crippen molar-refractivity contribution < 1.29 is 9.59 Å². The standard InChI is InChI=1S/C24H27ClN4O2/c1-2-28-13-11-20(12-14-28)27-24(31)22-15-17-5-3-4-6-21(17)29(22)16-23(30)26-19-9-7-18(25)8-10-19/h3-10,15,20H,2,11-14,16H2,1H3,(H,26,30)(H,27,31). The van der Waals surface area contributed by atoms with Crippen LogP contribution in [0.15, 0.2) is 54.6 Å². The molecule has 162 valence electrons. The Kier molecular flexibility index (Phi) is 6.59. The SMILES string of the molecule is CCN1CCC(NC(=O)c2cc3ccccc3n2CC(=O)Nc2ccc(Cl)cc2)CC1. The van der Waals surface area contributed by atoms with Gasteiger partial charge >= 0.3 is 0 Å². The molecular formula is C24H27ClN4O2. The highest BCUT2D eigenvalue weighted by molar-refractivity contribution is 6.30. The smallest absolute Gasteiger partial charge is 0.268 e. The van der Waals surface area contributed by atoms with E-state index in [2.05, 4.69) is 22.5 Å². The van der Waals surface area contributed by atoms with Crippen molar-refractivity contribution >= 4 is 40.0 Å². The van der Waals surface area contributed by atoms with Crippen molar-refractivity contribution in [3.05, 3.63) is 65.3 Å². The molecule has 3 aromatic rings. The van der Waals surface area contributed by atoms with E-state index in [-0.39, 0.29) is 24.4 Å². The minimum atomic E-state index is -0.200. The molecule has 31 heavy (non-hydrogen) atoms. The molecular weight excluding hydrogens is 412 g/mol. The molecule has 0 radical (unpaired) electrons. The predicted molar refractivity (Wildman–Crippen MR) is 125 cm³/mol. The maximum absolute atomic E-state index is 13.1. The highest BCUT2D eigenvalue weighted by Crippen LogP contribution is 2.21. The van der Waals surface area contributed by atoms with Gasteiger partial charge in [0.2, 0.25) is 5.91 Å². The molecule has 0 aliphatic carbocycles. The average molecular weight is 439 g/mol. The van der Waals surface area contributed by atoms with Crippen molar-refractivity contribution in [2.75, 3.05) is 25.0 Å². The van der Waals surface area contributed by atoms with Crippen molar-refractivity contribution in [2.24, 2.45) is 0 Å². The summed E-state index contributed by atoms with van der Waals surface area (Å²) in [5.41, 5.74) is 2.03. The van der Waals surface area contributed by atoms with E-state index in [1.165, 1.54) is 0 Å². The Bertz CT molecular complexity index is 1070. The van der Waals surface area contributed by atoms with E-state index in [1.807, 2.05) is 30.3 Å². The number of anilines is 1. The Labute approximate surface area is 187 Å². The van der Waals surface area contributed by atoms with Gasteiger partial charge in [0.15, 0.2) is 0 Å². The molecule has 1 saturated heterocycles. The summed E-state index contributed by atoms with van der Waals surface area (Å²) in [5.74, 6) is -0.334. The van der Waals surface area contributed by atoms with Crippen LogP contribution in [0, 0.1) is 0 Å². The molecule has 1 fully saturated rings. The number of halogens is 1. The largest absolute Gasteiger partial charge is 0.348 e. The molecule has 4 rings (SSSR count). The van der Waals surface area contributed by atoms with E-state index in [1.54, 1.807) is 28.8 Å². The molecule has 2 aromatic carbocycles. The number of likely N-dealkylation sites (tertiary alicyclic amines) is 1. The lowest BCUT2D eigenvalue weighted by atomic mass is 10.0. The minimum Gasteiger partial charge on any atom is -0.348 e. The molecule has 1 aliphatic heterocycles. The Hall–Kier alpha value is -2.83. The first kappa shape index (κ1) is 21.4. The first-order valence-electron chi connectivity index (χ1n) is 10.7. The van der Waals surface area contributed by atoms with E-state index >= 15 is 0 Å². The number of carbonyl (C=O) groups is 2. The Morgan fingerprint density at radius 3 is 2.48 bits per heavy atom. The Balaban J connectivity index is 1.52. The molecule has 0 bridgehead atoms. The monoisotopic (exact) mass is 438 g/mol. The number of para-hydroxylation sites is 1. The molecule has 0 unspecified atom stereocenters. The number of piperidine rings is 1. The number of hydrogen-bond acceptors (Lipinski definition) is 3. The fourth-order valence-corrected chi connectivity index (χ4v) is 4.23. The molecule has 0 saturated carbocycles. The van der Waals surface area contributed by atoms with Crippen molar-refractivity contribution in [1.82, 2.24) is 14.8 Å². The lowest BCUT2D eigenvalue weighted by molar-refractivity contribution is -0.116. The van der Waals surface area contributed by atoms with E-state index in [4.69, 9.17) is 11.6 Å². The van der Waals surface area contributed by atoms with Gasteiger partial charge in [-0.3, -0.25) is 9.59 Å². The van der Waals surface area contributed by atoms with Crippen molar-refractivity contribution in [3.8, 4) is 0 Å². The van der Waals surface area contributed by atoms with E-state index in [9.17, 15) is 9.59 Å². The van der Waals surface area contributed by atoms with E-state index in [0.717, 1.165) is 43.4 Å². The summed E-state index contributed by atoms with van der Waals surface area (Å²) in [4.78, 5) is 28.3. The van der Waals surface area contributed by atoms with Crippen molar-refractivity contribution in [1.29, 1.82) is 0 Å². The van der Waals surface area contributed by atoms with Crippen LogP contribution in [0.2, 0.25) is 5.02 Å². The topological polar surface area (TPSA) is 66.4 Å². The maximum atomic E-state index is 13.1. The number of aromatic nitrogens is 1. The number of rotatable bonds is 6. The van der Waals surface area contributed by atoms with Gasteiger partial charge in [-0.25, -0.2) is 0 Å². The second-order valence-corrected chi connectivity index (χ2v) is 8.35. The second kappa shape index (κ2) is 9.54. The summed E-state index contributed by atoms with van der Waals surface area (Å²) in [7, 11) is 0. The first-order valence-corrected chi connectivity index (χ1v) is 11.1. The fraction of sp³-hybridized carbons (Fsp3) is 0.333. The molecule has 6 nitrogen and oxygen atoms in total. The second-order valence-electron chi connectivity index (χ2n) is 7.91. The van der Waals surface area contributed by atoms with Gasteiger partial charge in [-0.2, -0.15) is 0 Å². The van der Waals surface area contributed by atoms with Gasteiger partial charge in [-0.05, 0) is 55.8 Å². The van der Waals surface area contributed by atoms with Crippen LogP contribution in [0.25, 0.3) is 10.9 Å². The summed E-state index contributed by atoms with van der Waals surface area (Å²) in [6, 6.07) is 16.7. The first-order chi connectivity index (χ1) is 15.0. The van der Waals surface area contributed by atoms with E-state index in [0.29, 0.717) is 16.4 Å². The zero-order chi connectivity index (χ0) is 21.8. The molecule has 1 aromatic heterocycles. The van der Waals surface area contributed by atoms with Crippen LogP contribution in [0.4, 0.5) is 5.69 Å². The van der Waals surface area contributed by atoms with Gasteiger partial charge in [-0.15, -0.1) is 0 Å². The van der Waals surface area contributed by atoms with Crippen LogP contribution in [-0.2, 0) is 11.3 Å². The molecule has 0 atom stereocenters. The van der Waals surface area contributed by atoms with Crippen molar-refractivity contribution in [2.45, 2.75) is 32.4 Å². The van der Waals surface area contributed by atoms with E-state index < -0.39 is 0 Å². The van der Waals surface area contributed by atoms with Gasteiger partial charge in [0.25, 0.3) is 5.91 Å². The van der Waals surface area contributed by atoms with Crippen LogP contribution in [0.5, 0.6) is 0 Å². The molecule has 2 heterocycles. The predicted octanol–water partition coefficient (Wildman–Crippen LogP) is 4.15. The maximum Gasteiger partial charge on any atom is 0.268 e.